The van der Waals surface area contributed by atoms with Crippen molar-refractivity contribution in [1.82, 2.24) is 0 Å². The molecule has 0 bridgehead atoms. The van der Waals surface area contributed by atoms with Crippen LogP contribution in [0.25, 0.3) is 0 Å². The Kier molecular flexibility index (Phi) is 2.91. The summed E-state index contributed by atoms with van der Waals surface area (Å²) in [6.45, 7) is 0.309. The Morgan fingerprint density at radius 1 is 1.21 bits per heavy atom. The third-order valence-electron chi connectivity index (χ3n) is 2.16. The van der Waals surface area contributed by atoms with Gasteiger partial charge in [0.05, 0.1) is 16.7 Å². The van der Waals surface area contributed by atoms with Crippen LogP contribution < -0.4 is 0 Å². The fourth-order valence-electron chi connectivity index (χ4n) is 1.36. The summed E-state index contributed by atoms with van der Waals surface area (Å²) in [5.74, 6) is 0. The number of hydrogen-bond donors (Lipinski definition) is 1. The van der Waals surface area contributed by atoms with Crippen molar-refractivity contribution in [3.05, 3.63) is 32.8 Å². The molecule has 0 aromatic heterocycles. The third kappa shape index (κ3) is 1.62. The minimum Gasteiger partial charge on any atom is -0.388 e. The van der Waals surface area contributed by atoms with Crippen LogP contribution in [0, 0.1) is 0 Å². The molecule has 2 nitrogen and oxygen atoms in total. The molecular weight excluding hydrogens is 246 g/mol. The van der Waals surface area contributed by atoms with E-state index < -0.39 is 12.2 Å². The fraction of sp³-hybridized carbons (Fsp3) is 0.333. The number of rotatable bonds is 1. The molecule has 1 N–H and O–H groups in total. The van der Waals surface area contributed by atoms with Gasteiger partial charge >= 0.3 is 0 Å². The summed E-state index contributed by atoms with van der Waals surface area (Å²) in [6.07, 6.45) is -1.00. The third-order valence-corrected chi connectivity index (χ3v) is 3.31. The van der Waals surface area contributed by atoms with Gasteiger partial charge in [0.2, 0.25) is 0 Å². The molecule has 1 heterocycles. The lowest BCUT2D eigenvalue weighted by Crippen LogP contribution is -2.37. The number of aliphatic hydroxyl groups excluding tert-OH is 1. The number of ether oxygens (including phenoxy) is 1. The first-order chi connectivity index (χ1) is 6.61. The predicted octanol–water partition coefficient (Wildman–Crippen LogP) is 3.08. The Morgan fingerprint density at radius 2 is 1.86 bits per heavy atom. The summed E-state index contributed by atoms with van der Waals surface area (Å²) in [4.78, 5) is 0. The Morgan fingerprint density at radius 3 is 2.36 bits per heavy atom. The smallest absolute Gasteiger partial charge is 0.114 e. The maximum absolute atomic E-state index is 9.42. The van der Waals surface area contributed by atoms with Crippen LogP contribution in [-0.2, 0) is 4.74 Å². The van der Waals surface area contributed by atoms with Crippen molar-refractivity contribution in [2.75, 3.05) is 6.61 Å². The van der Waals surface area contributed by atoms with Gasteiger partial charge in [-0.3, -0.25) is 0 Å². The predicted molar refractivity (Wildman–Crippen MR) is 56.2 cm³/mol. The van der Waals surface area contributed by atoms with Crippen molar-refractivity contribution in [2.45, 2.75) is 12.2 Å². The van der Waals surface area contributed by atoms with Gasteiger partial charge in [-0.1, -0.05) is 34.8 Å². The molecule has 76 valence electrons. The van der Waals surface area contributed by atoms with Gasteiger partial charge in [0.15, 0.2) is 0 Å². The molecule has 0 saturated carbocycles. The average Bonchev–Trinajstić information content (AvgIpc) is 2.16. The van der Waals surface area contributed by atoms with E-state index >= 15 is 0 Å². The van der Waals surface area contributed by atoms with E-state index in [0.717, 1.165) is 0 Å². The lowest BCUT2D eigenvalue weighted by molar-refractivity contribution is -0.165. The maximum atomic E-state index is 9.42. The zero-order chi connectivity index (χ0) is 10.3. The second-order valence-corrected chi connectivity index (χ2v) is 4.27. The van der Waals surface area contributed by atoms with Gasteiger partial charge in [-0.25, -0.2) is 0 Å². The van der Waals surface area contributed by atoms with E-state index in [1.54, 1.807) is 12.1 Å². The first-order valence-electron chi connectivity index (χ1n) is 4.04. The molecular formula is C9H7Cl3O2. The van der Waals surface area contributed by atoms with Crippen LogP contribution in [0.3, 0.4) is 0 Å². The van der Waals surface area contributed by atoms with Crippen molar-refractivity contribution >= 4 is 34.8 Å². The van der Waals surface area contributed by atoms with Crippen molar-refractivity contribution in [3.63, 3.8) is 0 Å². The molecule has 1 aliphatic rings. The van der Waals surface area contributed by atoms with Gasteiger partial charge in [-0.15, -0.1) is 0 Å². The Labute approximate surface area is 96.3 Å². The highest BCUT2D eigenvalue weighted by Gasteiger charge is 2.35. The number of benzene rings is 1. The molecule has 0 radical (unpaired) electrons. The normalized spacial score (nSPS) is 26.0. The molecule has 2 unspecified atom stereocenters. The monoisotopic (exact) mass is 252 g/mol. The molecule has 0 amide bonds. The highest BCUT2D eigenvalue weighted by molar-refractivity contribution is 6.44. The summed E-state index contributed by atoms with van der Waals surface area (Å²) in [7, 11) is 0. The highest BCUT2D eigenvalue weighted by atomic mass is 35.5. The summed E-state index contributed by atoms with van der Waals surface area (Å²) >= 11 is 17.7. The van der Waals surface area contributed by atoms with Crippen LogP contribution in [0.15, 0.2) is 12.1 Å². The van der Waals surface area contributed by atoms with Gasteiger partial charge in [-0.2, -0.15) is 0 Å². The van der Waals surface area contributed by atoms with Crippen LogP contribution in [0.1, 0.15) is 11.7 Å². The van der Waals surface area contributed by atoms with Gasteiger partial charge in [0.1, 0.15) is 12.2 Å². The molecule has 1 aromatic carbocycles. The average molecular weight is 254 g/mol. The molecule has 1 aromatic rings. The number of halogens is 3. The molecule has 0 spiro atoms. The maximum Gasteiger partial charge on any atom is 0.114 e. The Balaban J connectivity index is 2.45. The largest absolute Gasteiger partial charge is 0.388 e. The second-order valence-electron chi connectivity index (χ2n) is 3.08. The Bertz CT molecular complexity index is 367. The van der Waals surface area contributed by atoms with E-state index in [4.69, 9.17) is 39.5 Å². The van der Waals surface area contributed by atoms with Crippen LogP contribution in [0.2, 0.25) is 15.1 Å². The summed E-state index contributed by atoms with van der Waals surface area (Å²) < 4.78 is 5.17. The molecule has 2 atom stereocenters. The molecule has 0 aliphatic carbocycles. The van der Waals surface area contributed by atoms with E-state index in [1.165, 1.54) is 0 Å². The van der Waals surface area contributed by atoms with Crippen LogP contribution in [0.5, 0.6) is 0 Å². The summed E-state index contributed by atoms with van der Waals surface area (Å²) in [5, 5.41) is 10.6. The lowest BCUT2D eigenvalue weighted by atomic mass is 10.0. The van der Waals surface area contributed by atoms with Gasteiger partial charge in [0.25, 0.3) is 0 Å². The molecule has 2 rings (SSSR count). The minimum atomic E-state index is -0.552. The molecule has 14 heavy (non-hydrogen) atoms. The Hall–Kier alpha value is 0.01000. The van der Waals surface area contributed by atoms with Crippen LogP contribution in [0.4, 0.5) is 0 Å². The second kappa shape index (κ2) is 3.87. The van der Waals surface area contributed by atoms with E-state index in [2.05, 4.69) is 0 Å². The first kappa shape index (κ1) is 10.5. The van der Waals surface area contributed by atoms with Gasteiger partial charge in [-0.05, 0) is 12.1 Å². The number of hydrogen-bond acceptors (Lipinski definition) is 2. The van der Waals surface area contributed by atoms with Gasteiger partial charge < -0.3 is 9.84 Å². The molecule has 5 heteroatoms. The lowest BCUT2D eigenvalue weighted by Gasteiger charge is -2.34. The quantitative estimate of drug-likeness (QED) is 0.780. The van der Waals surface area contributed by atoms with Gasteiger partial charge in [0, 0.05) is 10.6 Å². The summed E-state index contributed by atoms with van der Waals surface area (Å²) in [6, 6.07) is 3.25. The number of aliphatic hydroxyl groups is 1. The van der Waals surface area contributed by atoms with Crippen molar-refractivity contribution < 1.29 is 9.84 Å². The van der Waals surface area contributed by atoms with Crippen molar-refractivity contribution in [3.8, 4) is 0 Å². The van der Waals surface area contributed by atoms with Crippen LogP contribution >= 0.6 is 34.8 Å². The highest BCUT2D eigenvalue weighted by Crippen LogP contribution is 2.41. The van der Waals surface area contributed by atoms with E-state index in [1.807, 2.05) is 0 Å². The molecule has 1 aliphatic heterocycles. The van der Waals surface area contributed by atoms with Crippen molar-refractivity contribution in [2.24, 2.45) is 0 Å². The molecule has 1 fully saturated rings. The van der Waals surface area contributed by atoms with E-state index in [-0.39, 0.29) is 0 Å². The van der Waals surface area contributed by atoms with E-state index in [9.17, 15) is 5.11 Å². The zero-order valence-corrected chi connectivity index (χ0v) is 9.27. The zero-order valence-electron chi connectivity index (χ0n) is 7.01. The summed E-state index contributed by atoms with van der Waals surface area (Å²) in [5.41, 5.74) is 0.569. The topological polar surface area (TPSA) is 29.5 Å². The molecule has 1 saturated heterocycles. The first-order valence-corrected chi connectivity index (χ1v) is 5.17. The van der Waals surface area contributed by atoms with Crippen LogP contribution in [-0.4, -0.2) is 17.8 Å². The SMILES string of the molecule is OC1COC1c1c(Cl)ccc(Cl)c1Cl. The standard InChI is InChI=1S/C9H7Cl3O2/c10-4-1-2-5(11)8(12)7(4)9-6(13)3-14-9/h1-2,6,9,13H,3H2. The van der Waals surface area contributed by atoms with Crippen molar-refractivity contribution in [1.29, 1.82) is 0 Å². The fourth-order valence-corrected chi connectivity index (χ4v) is 2.11. The van der Waals surface area contributed by atoms with E-state index in [0.29, 0.717) is 27.2 Å². The minimum absolute atomic E-state index is 0.309.